The molecule has 0 aliphatic heterocycles. The molecule has 100 valence electrons. The van der Waals surface area contributed by atoms with Crippen molar-refractivity contribution in [1.29, 1.82) is 0 Å². The summed E-state index contributed by atoms with van der Waals surface area (Å²) in [6.07, 6.45) is 0.889. The number of methoxy groups -OCH3 is 1. The summed E-state index contributed by atoms with van der Waals surface area (Å²) in [4.78, 5) is 12.8. The number of carboxylic acid groups (broad SMARTS) is 1. The molecule has 1 aromatic carbocycles. The van der Waals surface area contributed by atoms with Crippen LogP contribution in [0.2, 0.25) is 0 Å². The first-order chi connectivity index (χ1) is 8.52. The number of aliphatic carboxylic acids is 1. The average Bonchev–Trinajstić information content (AvgIpc) is 2.36. The van der Waals surface area contributed by atoms with Gasteiger partial charge >= 0.3 is 5.97 Å². The van der Waals surface area contributed by atoms with E-state index < -0.39 is 5.97 Å². The second kappa shape index (κ2) is 7.01. The summed E-state index contributed by atoms with van der Waals surface area (Å²) in [6.45, 7) is 3.13. The van der Waals surface area contributed by atoms with Crippen LogP contribution >= 0.6 is 0 Å². The monoisotopic (exact) mass is 251 g/mol. The molecule has 4 heteroatoms. The highest BCUT2D eigenvalue weighted by atomic mass is 16.5. The molecule has 0 amide bonds. The van der Waals surface area contributed by atoms with E-state index in [1.165, 1.54) is 5.56 Å². The van der Waals surface area contributed by atoms with Crippen LogP contribution in [0.1, 0.15) is 12.5 Å². The molecule has 0 aromatic heterocycles. The van der Waals surface area contributed by atoms with Gasteiger partial charge in [0, 0.05) is 13.1 Å². The van der Waals surface area contributed by atoms with E-state index in [0.29, 0.717) is 6.54 Å². The zero-order valence-electron chi connectivity index (χ0n) is 11.2. The van der Waals surface area contributed by atoms with Crippen molar-refractivity contribution in [2.75, 3.05) is 27.2 Å². The van der Waals surface area contributed by atoms with Crippen molar-refractivity contribution in [2.45, 2.75) is 13.3 Å². The summed E-state index contributed by atoms with van der Waals surface area (Å²) in [7, 11) is 3.60. The maximum atomic E-state index is 10.7. The Labute approximate surface area is 108 Å². The molecule has 1 rings (SSSR count). The molecule has 0 heterocycles. The molecule has 0 aliphatic carbocycles. The molecule has 0 saturated carbocycles. The molecule has 0 radical (unpaired) electrons. The number of benzene rings is 1. The predicted octanol–water partition coefficient (Wildman–Crippen LogP) is 1.89. The Bertz CT molecular complexity index is 392. The van der Waals surface area contributed by atoms with Crippen molar-refractivity contribution in [2.24, 2.45) is 5.92 Å². The lowest BCUT2D eigenvalue weighted by molar-refractivity contribution is -0.141. The van der Waals surface area contributed by atoms with Crippen LogP contribution < -0.4 is 4.74 Å². The van der Waals surface area contributed by atoms with Crippen molar-refractivity contribution in [3.05, 3.63) is 29.8 Å². The van der Waals surface area contributed by atoms with Gasteiger partial charge in [-0.1, -0.05) is 19.1 Å². The molecule has 4 nitrogen and oxygen atoms in total. The number of carbonyl (C=O) groups is 1. The zero-order valence-corrected chi connectivity index (χ0v) is 11.2. The van der Waals surface area contributed by atoms with Crippen LogP contribution in [-0.2, 0) is 11.2 Å². The SMILES string of the molecule is COc1cccc(CCN(C)CC(C)C(=O)O)c1. The minimum Gasteiger partial charge on any atom is -0.497 e. The van der Waals surface area contributed by atoms with Gasteiger partial charge in [-0.15, -0.1) is 0 Å². The van der Waals surface area contributed by atoms with Gasteiger partial charge < -0.3 is 14.7 Å². The van der Waals surface area contributed by atoms with E-state index in [4.69, 9.17) is 9.84 Å². The van der Waals surface area contributed by atoms with Crippen LogP contribution in [0.3, 0.4) is 0 Å². The van der Waals surface area contributed by atoms with Crippen molar-refractivity contribution in [3.63, 3.8) is 0 Å². The van der Waals surface area contributed by atoms with E-state index >= 15 is 0 Å². The number of ether oxygens (including phenoxy) is 1. The second-order valence-electron chi connectivity index (χ2n) is 4.60. The molecular weight excluding hydrogens is 230 g/mol. The number of rotatable bonds is 7. The van der Waals surface area contributed by atoms with Gasteiger partial charge in [0.1, 0.15) is 5.75 Å². The van der Waals surface area contributed by atoms with Crippen molar-refractivity contribution in [1.82, 2.24) is 4.90 Å². The Balaban J connectivity index is 2.42. The number of carboxylic acids is 1. The molecular formula is C14H21NO3. The largest absolute Gasteiger partial charge is 0.497 e. The Morgan fingerprint density at radius 1 is 1.50 bits per heavy atom. The zero-order chi connectivity index (χ0) is 13.5. The fraction of sp³-hybridized carbons (Fsp3) is 0.500. The van der Waals surface area contributed by atoms with Gasteiger partial charge in [-0.05, 0) is 31.2 Å². The smallest absolute Gasteiger partial charge is 0.307 e. The lowest BCUT2D eigenvalue weighted by Gasteiger charge is -2.19. The quantitative estimate of drug-likeness (QED) is 0.804. The molecule has 1 unspecified atom stereocenters. The summed E-state index contributed by atoms with van der Waals surface area (Å²) in [5.41, 5.74) is 1.20. The van der Waals surface area contributed by atoms with E-state index in [9.17, 15) is 4.79 Å². The molecule has 0 spiro atoms. The van der Waals surface area contributed by atoms with Crippen LogP contribution in [0.25, 0.3) is 0 Å². The molecule has 1 atom stereocenters. The van der Waals surface area contributed by atoms with E-state index in [2.05, 4.69) is 6.07 Å². The molecule has 1 N–H and O–H groups in total. The lowest BCUT2D eigenvalue weighted by atomic mass is 10.1. The standard InChI is InChI=1S/C14H21NO3/c1-11(14(16)17)10-15(2)8-7-12-5-4-6-13(9-12)18-3/h4-6,9,11H,7-8,10H2,1-3H3,(H,16,17). The minimum absolute atomic E-state index is 0.333. The maximum Gasteiger partial charge on any atom is 0.307 e. The Morgan fingerprint density at radius 2 is 2.22 bits per heavy atom. The summed E-state index contributed by atoms with van der Waals surface area (Å²) >= 11 is 0. The summed E-state index contributed by atoms with van der Waals surface area (Å²) in [5, 5.41) is 8.84. The van der Waals surface area contributed by atoms with Crippen LogP contribution in [0.15, 0.2) is 24.3 Å². The fourth-order valence-corrected chi connectivity index (χ4v) is 1.78. The second-order valence-corrected chi connectivity index (χ2v) is 4.60. The third-order valence-corrected chi connectivity index (χ3v) is 2.92. The Kier molecular flexibility index (Phi) is 5.65. The highest BCUT2D eigenvalue weighted by Gasteiger charge is 2.13. The van der Waals surface area contributed by atoms with Gasteiger partial charge in [-0.3, -0.25) is 4.79 Å². The number of likely N-dealkylation sites (N-methyl/N-ethyl adjacent to an activating group) is 1. The Hall–Kier alpha value is -1.55. The van der Waals surface area contributed by atoms with Crippen LogP contribution in [0.5, 0.6) is 5.75 Å². The predicted molar refractivity (Wildman–Crippen MR) is 71.0 cm³/mol. The summed E-state index contributed by atoms with van der Waals surface area (Å²) in [6, 6.07) is 7.94. The maximum absolute atomic E-state index is 10.7. The normalized spacial score (nSPS) is 12.4. The van der Waals surface area contributed by atoms with Gasteiger partial charge in [-0.25, -0.2) is 0 Å². The number of nitrogens with zero attached hydrogens (tertiary/aromatic N) is 1. The third-order valence-electron chi connectivity index (χ3n) is 2.92. The first-order valence-electron chi connectivity index (χ1n) is 6.07. The molecule has 0 bridgehead atoms. The summed E-state index contributed by atoms with van der Waals surface area (Å²) < 4.78 is 5.17. The molecule has 1 aromatic rings. The number of hydrogen-bond acceptors (Lipinski definition) is 3. The van der Waals surface area contributed by atoms with E-state index in [0.717, 1.165) is 18.7 Å². The van der Waals surface area contributed by atoms with Crippen molar-refractivity contribution >= 4 is 5.97 Å². The minimum atomic E-state index is -0.747. The van der Waals surface area contributed by atoms with Gasteiger partial charge in [0.25, 0.3) is 0 Å². The lowest BCUT2D eigenvalue weighted by Crippen LogP contribution is -2.30. The van der Waals surface area contributed by atoms with Crippen LogP contribution in [-0.4, -0.2) is 43.2 Å². The van der Waals surface area contributed by atoms with Crippen molar-refractivity contribution in [3.8, 4) is 5.75 Å². The number of hydrogen-bond donors (Lipinski definition) is 1. The van der Waals surface area contributed by atoms with E-state index in [-0.39, 0.29) is 5.92 Å². The highest BCUT2D eigenvalue weighted by molar-refractivity contribution is 5.69. The van der Waals surface area contributed by atoms with Crippen LogP contribution in [0, 0.1) is 5.92 Å². The van der Waals surface area contributed by atoms with Gasteiger partial charge in [0.05, 0.1) is 13.0 Å². The van der Waals surface area contributed by atoms with Gasteiger partial charge in [0.2, 0.25) is 0 Å². The highest BCUT2D eigenvalue weighted by Crippen LogP contribution is 2.13. The third kappa shape index (κ3) is 4.75. The summed E-state index contributed by atoms with van der Waals surface area (Å²) in [5.74, 6) is -0.224. The molecule has 0 saturated heterocycles. The first-order valence-corrected chi connectivity index (χ1v) is 6.07. The molecule has 18 heavy (non-hydrogen) atoms. The van der Waals surface area contributed by atoms with Crippen LogP contribution in [0.4, 0.5) is 0 Å². The van der Waals surface area contributed by atoms with Crippen molar-refractivity contribution < 1.29 is 14.6 Å². The fourth-order valence-electron chi connectivity index (χ4n) is 1.78. The van der Waals surface area contributed by atoms with Gasteiger partial charge in [-0.2, -0.15) is 0 Å². The average molecular weight is 251 g/mol. The Morgan fingerprint density at radius 3 is 2.83 bits per heavy atom. The first kappa shape index (κ1) is 14.5. The van der Waals surface area contributed by atoms with E-state index in [1.54, 1.807) is 14.0 Å². The topological polar surface area (TPSA) is 49.8 Å². The van der Waals surface area contributed by atoms with E-state index in [1.807, 2.05) is 30.1 Å². The molecule has 0 aliphatic rings. The van der Waals surface area contributed by atoms with Gasteiger partial charge in [0.15, 0.2) is 0 Å². The molecule has 0 fully saturated rings.